The van der Waals surface area contributed by atoms with E-state index in [-0.39, 0.29) is 12.1 Å². The van der Waals surface area contributed by atoms with Gasteiger partial charge in [-0.25, -0.2) is 0 Å². The minimum Gasteiger partial charge on any atom is -0.383 e. The SMILES string of the molecule is COCCN(C)S(=O)(=O)N1CC[C@@H](N)C[C@H]1C. The Labute approximate surface area is 104 Å². The van der Waals surface area contributed by atoms with E-state index in [1.54, 1.807) is 14.2 Å². The highest BCUT2D eigenvalue weighted by molar-refractivity contribution is 7.86. The number of piperidine rings is 1. The summed E-state index contributed by atoms with van der Waals surface area (Å²) in [6.07, 6.45) is 1.44. The second-order valence-corrected chi connectivity index (χ2v) is 6.55. The summed E-state index contributed by atoms with van der Waals surface area (Å²) in [5, 5.41) is 0. The van der Waals surface area contributed by atoms with Crippen molar-refractivity contribution in [2.75, 3.05) is 33.9 Å². The van der Waals surface area contributed by atoms with Gasteiger partial charge < -0.3 is 10.5 Å². The molecule has 2 atom stereocenters. The van der Waals surface area contributed by atoms with Gasteiger partial charge in [-0.2, -0.15) is 17.0 Å². The van der Waals surface area contributed by atoms with Gasteiger partial charge in [0.25, 0.3) is 10.2 Å². The van der Waals surface area contributed by atoms with Crippen LogP contribution in [-0.2, 0) is 14.9 Å². The molecule has 1 aliphatic heterocycles. The highest BCUT2D eigenvalue weighted by Crippen LogP contribution is 2.20. The van der Waals surface area contributed by atoms with Gasteiger partial charge in [0.05, 0.1) is 6.61 Å². The number of hydrogen-bond donors (Lipinski definition) is 1. The molecular weight excluding hydrogens is 242 g/mol. The molecule has 0 saturated carbocycles. The summed E-state index contributed by atoms with van der Waals surface area (Å²) in [4.78, 5) is 0. The van der Waals surface area contributed by atoms with E-state index >= 15 is 0 Å². The van der Waals surface area contributed by atoms with Crippen molar-refractivity contribution in [2.45, 2.75) is 31.8 Å². The van der Waals surface area contributed by atoms with Crippen LogP contribution in [0.4, 0.5) is 0 Å². The van der Waals surface area contributed by atoms with E-state index in [1.165, 1.54) is 8.61 Å². The smallest absolute Gasteiger partial charge is 0.282 e. The van der Waals surface area contributed by atoms with E-state index in [0.717, 1.165) is 12.8 Å². The Bertz CT molecular complexity index is 334. The maximum absolute atomic E-state index is 12.3. The average molecular weight is 265 g/mol. The molecule has 0 aromatic rings. The van der Waals surface area contributed by atoms with Crippen molar-refractivity contribution in [2.24, 2.45) is 5.73 Å². The third-order valence-corrected chi connectivity index (χ3v) is 5.26. The van der Waals surface area contributed by atoms with Crippen LogP contribution in [0, 0.1) is 0 Å². The topological polar surface area (TPSA) is 75.9 Å². The molecule has 0 spiro atoms. The molecule has 0 bridgehead atoms. The standard InChI is InChI=1S/C10H23N3O3S/c1-9-8-10(11)4-5-13(9)17(14,15)12(2)6-7-16-3/h9-10H,4-8,11H2,1-3H3/t9-,10-/m1/s1. The normalized spacial score (nSPS) is 27.6. The van der Waals surface area contributed by atoms with E-state index in [1.807, 2.05) is 6.92 Å². The van der Waals surface area contributed by atoms with Crippen molar-refractivity contribution >= 4 is 10.2 Å². The number of nitrogens with two attached hydrogens (primary N) is 1. The Kier molecular flexibility index (Phi) is 5.33. The lowest BCUT2D eigenvalue weighted by atomic mass is 10.0. The summed E-state index contributed by atoms with van der Waals surface area (Å²) < 4.78 is 32.3. The van der Waals surface area contributed by atoms with Crippen molar-refractivity contribution in [1.29, 1.82) is 0 Å². The predicted octanol–water partition coefficient (Wildman–Crippen LogP) is -0.379. The van der Waals surface area contributed by atoms with Crippen LogP contribution >= 0.6 is 0 Å². The maximum Gasteiger partial charge on any atom is 0.282 e. The monoisotopic (exact) mass is 265 g/mol. The van der Waals surface area contributed by atoms with Crippen LogP contribution in [0.3, 0.4) is 0 Å². The van der Waals surface area contributed by atoms with Crippen molar-refractivity contribution in [3.8, 4) is 0 Å². The zero-order chi connectivity index (χ0) is 13.1. The Morgan fingerprint density at radius 3 is 2.71 bits per heavy atom. The molecule has 0 amide bonds. The maximum atomic E-state index is 12.3. The fraction of sp³-hybridized carbons (Fsp3) is 1.00. The van der Waals surface area contributed by atoms with Crippen molar-refractivity contribution in [3.05, 3.63) is 0 Å². The number of likely N-dealkylation sites (N-methyl/N-ethyl adjacent to an activating group) is 1. The van der Waals surface area contributed by atoms with E-state index in [4.69, 9.17) is 10.5 Å². The molecule has 1 saturated heterocycles. The molecule has 2 N–H and O–H groups in total. The summed E-state index contributed by atoms with van der Waals surface area (Å²) >= 11 is 0. The van der Waals surface area contributed by atoms with Crippen molar-refractivity contribution < 1.29 is 13.2 Å². The lowest BCUT2D eigenvalue weighted by Crippen LogP contribution is -2.52. The molecule has 7 heteroatoms. The first-order chi connectivity index (χ1) is 7.89. The lowest BCUT2D eigenvalue weighted by Gasteiger charge is -2.37. The van der Waals surface area contributed by atoms with Gasteiger partial charge in [-0.05, 0) is 19.8 Å². The lowest BCUT2D eigenvalue weighted by molar-refractivity contribution is 0.177. The van der Waals surface area contributed by atoms with Crippen LogP contribution in [0.15, 0.2) is 0 Å². The fourth-order valence-electron chi connectivity index (χ4n) is 2.04. The first-order valence-electron chi connectivity index (χ1n) is 5.87. The number of ether oxygens (including phenoxy) is 1. The van der Waals surface area contributed by atoms with Crippen molar-refractivity contribution in [1.82, 2.24) is 8.61 Å². The van der Waals surface area contributed by atoms with E-state index in [9.17, 15) is 8.42 Å². The van der Waals surface area contributed by atoms with Gasteiger partial charge in [0.1, 0.15) is 0 Å². The summed E-state index contributed by atoms with van der Waals surface area (Å²) in [5.74, 6) is 0. The Balaban J connectivity index is 2.69. The van der Waals surface area contributed by atoms with Gasteiger partial charge in [-0.1, -0.05) is 0 Å². The number of nitrogens with zero attached hydrogens (tertiary/aromatic N) is 2. The first kappa shape index (κ1) is 14.8. The molecule has 0 aromatic heterocycles. The van der Waals surface area contributed by atoms with Crippen LogP contribution in [-0.4, -0.2) is 63.0 Å². The zero-order valence-electron chi connectivity index (χ0n) is 10.8. The predicted molar refractivity (Wildman–Crippen MR) is 66.8 cm³/mol. The third-order valence-electron chi connectivity index (χ3n) is 3.16. The summed E-state index contributed by atoms with van der Waals surface area (Å²) in [6.45, 7) is 3.17. The number of methoxy groups -OCH3 is 1. The van der Waals surface area contributed by atoms with Gasteiger partial charge in [-0.3, -0.25) is 0 Å². The van der Waals surface area contributed by atoms with Crippen LogP contribution in [0.1, 0.15) is 19.8 Å². The fourth-order valence-corrected chi connectivity index (χ4v) is 3.58. The quantitative estimate of drug-likeness (QED) is 0.735. The molecule has 0 aliphatic carbocycles. The average Bonchev–Trinajstić information content (AvgIpc) is 2.25. The van der Waals surface area contributed by atoms with Crippen molar-refractivity contribution in [3.63, 3.8) is 0 Å². The largest absolute Gasteiger partial charge is 0.383 e. The minimum atomic E-state index is -3.38. The Hall–Kier alpha value is -0.210. The molecule has 0 unspecified atom stereocenters. The van der Waals surface area contributed by atoms with Crippen LogP contribution in [0.5, 0.6) is 0 Å². The van der Waals surface area contributed by atoms with Gasteiger partial charge >= 0.3 is 0 Å². The summed E-state index contributed by atoms with van der Waals surface area (Å²) in [5.41, 5.74) is 5.83. The molecule has 1 heterocycles. The molecule has 1 rings (SSSR count). The summed E-state index contributed by atoms with van der Waals surface area (Å²) in [7, 11) is -0.238. The molecule has 6 nitrogen and oxygen atoms in total. The molecule has 17 heavy (non-hydrogen) atoms. The minimum absolute atomic E-state index is 0.0336. The van der Waals surface area contributed by atoms with Crippen LogP contribution in [0.25, 0.3) is 0 Å². The second kappa shape index (κ2) is 6.10. The van der Waals surface area contributed by atoms with Crippen LogP contribution < -0.4 is 5.73 Å². The first-order valence-corrected chi connectivity index (χ1v) is 7.27. The van der Waals surface area contributed by atoms with E-state index in [2.05, 4.69) is 0 Å². The van der Waals surface area contributed by atoms with Gasteiger partial charge in [-0.15, -0.1) is 0 Å². The van der Waals surface area contributed by atoms with Gasteiger partial charge in [0, 0.05) is 39.3 Å². The third kappa shape index (κ3) is 3.62. The molecular formula is C10H23N3O3S. The molecule has 0 radical (unpaired) electrons. The summed E-state index contributed by atoms with van der Waals surface area (Å²) in [6, 6.07) is 0.0782. The van der Waals surface area contributed by atoms with Gasteiger partial charge in [0.2, 0.25) is 0 Å². The van der Waals surface area contributed by atoms with E-state index < -0.39 is 10.2 Å². The Morgan fingerprint density at radius 1 is 1.53 bits per heavy atom. The van der Waals surface area contributed by atoms with E-state index in [0.29, 0.717) is 19.7 Å². The second-order valence-electron chi connectivity index (χ2n) is 4.57. The number of hydrogen-bond acceptors (Lipinski definition) is 4. The van der Waals surface area contributed by atoms with Gasteiger partial charge in [0.15, 0.2) is 0 Å². The number of rotatable bonds is 5. The van der Waals surface area contributed by atoms with Crippen LogP contribution in [0.2, 0.25) is 0 Å². The Morgan fingerprint density at radius 2 is 2.18 bits per heavy atom. The molecule has 1 fully saturated rings. The molecule has 0 aromatic carbocycles. The highest BCUT2D eigenvalue weighted by atomic mass is 32.2. The molecule has 102 valence electrons. The zero-order valence-corrected chi connectivity index (χ0v) is 11.6. The molecule has 1 aliphatic rings. The highest BCUT2D eigenvalue weighted by Gasteiger charge is 2.34.